The van der Waals surface area contributed by atoms with Gasteiger partial charge in [-0.2, -0.15) is 0 Å². The van der Waals surface area contributed by atoms with Crippen LogP contribution in [0.25, 0.3) is 17.7 Å². The molecule has 1 fully saturated rings. The van der Waals surface area contributed by atoms with E-state index >= 15 is 0 Å². The van der Waals surface area contributed by atoms with E-state index in [-0.39, 0.29) is 12.2 Å². The van der Waals surface area contributed by atoms with Gasteiger partial charge in [0, 0.05) is 26.2 Å². The van der Waals surface area contributed by atoms with Crippen molar-refractivity contribution in [1.82, 2.24) is 10.2 Å². The predicted octanol–water partition coefficient (Wildman–Crippen LogP) is 5.20. The number of alkyl carbamates (subject to hydrolysis) is 1. The lowest BCUT2D eigenvalue weighted by Crippen LogP contribution is -2.38. The number of nitrogens with zero attached hydrogens (tertiary/aromatic N) is 1. The highest BCUT2D eigenvalue weighted by molar-refractivity contribution is 5.94. The number of hydrogen-bond acceptors (Lipinski definition) is 3. The van der Waals surface area contributed by atoms with Gasteiger partial charge in [0.15, 0.2) is 0 Å². The van der Waals surface area contributed by atoms with Gasteiger partial charge in [-0.25, -0.2) is 4.79 Å². The van der Waals surface area contributed by atoms with Gasteiger partial charge in [-0.15, -0.1) is 0 Å². The van der Waals surface area contributed by atoms with Crippen LogP contribution in [-0.2, 0) is 4.74 Å². The molecule has 1 N–H and O–H groups in total. The fraction of sp³-hybridized carbons (Fsp3) is 0.346. The molecular formula is C26H30N2O2. The largest absolute Gasteiger partial charge is 0.447 e. The van der Waals surface area contributed by atoms with E-state index in [0.717, 1.165) is 32.5 Å². The van der Waals surface area contributed by atoms with Gasteiger partial charge < -0.3 is 15.0 Å². The Morgan fingerprint density at radius 1 is 0.967 bits per heavy atom. The topological polar surface area (TPSA) is 41.6 Å². The molecule has 1 aliphatic heterocycles. The zero-order valence-corrected chi connectivity index (χ0v) is 17.9. The summed E-state index contributed by atoms with van der Waals surface area (Å²) in [5, 5.41) is 2.85. The quantitative estimate of drug-likeness (QED) is 0.652. The molecule has 1 heterocycles. The molecule has 156 valence electrons. The summed E-state index contributed by atoms with van der Waals surface area (Å²) >= 11 is 0. The summed E-state index contributed by atoms with van der Waals surface area (Å²) in [6.45, 7) is 7.21. The molecule has 2 aromatic carbocycles. The number of piperidine rings is 1. The van der Waals surface area contributed by atoms with Gasteiger partial charge in [-0.1, -0.05) is 66.3 Å². The zero-order chi connectivity index (χ0) is 20.9. The van der Waals surface area contributed by atoms with Gasteiger partial charge in [0.1, 0.15) is 0 Å². The molecular weight excluding hydrogens is 372 g/mol. The molecule has 0 atom stereocenters. The lowest BCUT2D eigenvalue weighted by molar-refractivity contribution is 0.114. The van der Waals surface area contributed by atoms with Crippen molar-refractivity contribution in [3.05, 3.63) is 76.4 Å². The van der Waals surface area contributed by atoms with E-state index in [1.165, 1.54) is 33.4 Å². The number of carbonyl (C=O) groups excluding carboxylic acids is 1. The molecule has 4 nitrogen and oxygen atoms in total. The Bertz CT molecular complexity index is 913. The minimum atomic E-state index is -0.330. The highest BCUT2D eigenvalue weighted by atomic mass is 16.6. The van der Waals surface area contributed by atoms with Gasteiger partial charge >= 0.3 is 6.09 Å². The maximum atomic E-state index is 11.7. The summed E-state index contributed by atoms with van der Waals surface area (Å²) in [6.07, 6.45) is 6.15. The maximum absolute atomic E-state index is 11.7. The Morgan fingerprint density at radius 3 is 2.10 bits per heavy atom. The van der Waals surface area contributed by atoms with Crippen molar-refractivity contribution < 1.29 is 9.53 Å². The van der Waals surface area contributed by atoms with E-state index in [4.69, 9.17) is 4.74 Å². The highest BCUT2D eigenvalue weighted by Crippen LogP contribution is 2.38. The lowest BCUT2D eigenvalue weighted by Gasteiger charge is -2.30. The first-order valence-electron chi connectivity index (χ1n) is 10.9. The Balaban J connectivity index is 1.49. The molecule has 0 aromatic heterocycles. The predicted molar refractivity (Wildman–Crippen MR) is 123 cm³/mol. The van der Waals surface area contributed by atoms with Crippen molar-refractivity contribution in [2.75, 3.05) is 26.2 Å². The Morgan fingerprint density at radius 2 is 1.53 bits per heavy atom. The van der Waals surface area contributed by atoms with Crippen molar-refractivity contribution >= 4 is 23.8 Å². The van der Waals surface area contributed by atoms with Gasteiger partial charge in [0.05, 0.1) is 6.10 Å². The second-order valence-corrected chi connectivity index (χ2v) is 8.21. The molecule has 4 heteroatoms. The van der Waals surface area contributed by atoms with Crippen LogP contribution < -0.4 is 5.32 Å². The first-order chi connectivity index (χ1) is 14.6. The minimum absolute atomic E-state index is 0.0889. The van der Waals surface area contributed by atoms with Crippen molar-refractivity contribution in [1.29, 1.82) is 0 Å². The van der Waals surface area contributed by atoms with Crippen LogP contribution >= 0.6 is 0 Å². The fourth-order valence-electron chi connectivity index (χ4n) is 4.31. The molecule has 0 bridgehead atoms. The van der Waals surface area contributed by atoms with Gasteiger partial charge in [0.2, 0.25) is 0 Å². The normalized spacial score (nSPS) is 16.1. The first-order valence-corrected chi connectivity index (χ1v) is 10.9. The van der Waals surface area contributed by atoms with E-state index in [1.807, 2.05) is 13.8 Å². The first kappa shape index (κ1) is 20.4. The van der Waals surface area contributed by atoms with Crippen LogP contribution in [0.5, 0.6) is 0 Å². The van der Waals surface area contributed by atoms with Crippen molar-refractivity contribution in [3.63, 3.8) is 0 Å². The van der Waals surface area contributed by atoms with E-state index < -0.39 is 0 Å². The van der Waals surface area contributed by atoms with Gasteiger partial charge in [-0.05, 0) is 54.5 Å². The molecule has 2 aliphatic rings. The number of amides is 1. The number of likely N-dealkylation sites (tertiary alicyclic amines) is 1. The Hall–Kier alpha value is -2.85. The number of hydrogen-bond donors (Lipinski definition) is 1. The van der Waals surface area contributed by atoms with Crippen LogP contribution in [0.1, 0.15) is 48.9 Å². The zero-order valence-electron chi connectivity index (χ0n) is 17.9. The highest BCUT2D eigenvalue weighted by Gasteiger charge is 2.22. The third-order valence-corrected chi connectivity index (χ3v) is 5.76. The smallest absolute Gasteiger partial charge is 0.407 e. The third kappa shape index (κ3) is 4.65. The molecule has 0 spiro atoms. The summed E-state index contributed by atoms with van der Waals surface area (Å²) in [5.74, 6) is 0. The van der Waals surface area contributed by atoms with E-state index in [2.05, 4.69) is 70.9 Å². The molecule has 4 rings (SSSR count). The van der Waals surface area contributed by atoms with Crippen LogP contribution in [0.15, 0.2) is 54.1 Å². The summed E-state index contributed by atoms with van der Waals surface area (Å²) in [5.41, 5.74) is 8.17. The summed E-state index contributed by atoms with van der Waals surface area (Å²) in [4.78, 5) is 14.1. The van der Waals surface area contributed by atoms with Gasteiger partial charge in [-0.3, -0.25) is 0 Å². The summed E-state index contributed by atoms with van der Waals surface area (Å²) in [7, 11) is 0. The summed E-state index contributed by atoms with van der Waals surface area (Å²) in [6, 6.07) is 17.4. The van der Waals surface area contributed by atoms with E-state index in [0.29, 0.717) is 6.54 Å². The van der Waals surface area contributed by atoms with Crippen LogP contribution in [0.2, 0.25) is 0 Å². The number of fused-ring (bicyclic) bond motifs is 2. The van der Waals surface area contributed by atoms with Crippen LogP contribution in [0, 0.1) is 0 Å². The Kier molecular flexibility index (Phi) is 6.34. The van der Waals surface area contributed by atoms with Crippen molar-refractivity contribution in [3.8, 4) is 0 Å². The summed E-state index contributed by atoms with van der Waals surface area (Å²) < 4.78 is 5.13. The molecule has 2 aromatic rings. The maximum Gasteiger partial charge on any atom is 0.407 e. The second-order valence-electron chi connectivity index (χ2n) is 8.21. The standard InChI is InChI=1S/C26H30N2O2/c1-19(2)30-26(29)27-15-18-28-16-13-22(14-17-28)25-23-9-5-3-7-20(23)11-12-21-8-4-6-10-24(21)25/h3-12,19H,13-18H2,1-2H3,(H,27,29). The van der Waals surface area contributed by atoms with Gasteiger partial charge in [0.25, 0.3) is 0 Å². The molecule has 0 radical (unpaired) electrons. The number of rotatable bonds is 4. The number of ether oxygens (including phenoxy) is 1. The van der Waals surface area contributed by atoms with Crippen molar-refractivity contribution in [2.24, 2.45) is 0 Å². The third-order valence-electron chi connectivity index (χ3n) is 5.76. The van der Waals surface area contributed by atoms with Crippen molar-refractivity contribution in [2.45, 2.75) is 32.8 Å². The number of nitrogens with one attached hydrogen (secondary N) is 1. The molecule has 1 aliphatic carbocycles. The van der Waals surface area contributed by atoms with E-state index in [1.54, 1.807) is 0 Å². The Labute approximate surface area is 179 Å². The van der Waals surface area contributed by atoms with Crippen LogP contribution in [0.3, 0.4) is 0 Å². The average molecular weight is 403 g/mol. The van der Waals surface area contributed by atoms with E-state index in [9.17, 15) is 4.79 Å². The fourth-order valence-corrected chi connectivity index (χ4v) is 4.31. The molecule has 1 saturated heterocycles. The molecule has 1 amide bonds. The lowest BCUT2D eigenvalue weighted by atomic mass is 9.86. The van der Waals surface area contributed by atoms with Crippen LogP contribution in [-0.4, -0.2) is 43.3 Å². The second kappa shape index (κ2) is 9.31. The minimum Gasteiger partial charge on any atom is -0.447 e. The molecule has 0 saturated carbocycles. The molecule has 30 heavy (non-hydrogen) atoms. The molecule has 0 unspecified atom stereocenters. The number of carbonyl (C=O) groups is 1. The average Bonchev–Trinajstić information content (AvgIpc) is 2.91. The number of benzene rings is 2. The SMILES string of the molecule is CC(C)OC(=O)NCCN1CCC(=C2c3ccccc3C=Cc3ccccc32)CC1. The monoisotopic (exact) mass is 402 g/mol. The van der Waals surface area contributed by atoms with Crippen LogP contribution in [0.4, 0.5) is 4.79 Å².